The molecule has 0 spiro atoms. The highest BCUT2D eigenvalue weighted by molar-refractivity contribution is 5.97. The third-order valence-electron chi connectivity index (χ3n) is 2.71. The fourth-order valence-corrected chi connectivity index (χ4v) is 1.24. The van der Waals surface area contributed by atoms with Crippen LogP contribution in [0.1, 0.15) is 20.3 Å². The molecule has 1 rings (SSSR count). The number of amides is 1. The number of carbonyl (C=O) groups excluding carboxylic acids is 1. The molecule has 0 saturated heterocycles. The van der Waals surface area contributed by atoms with Gasteiger partial charge in [-0.15, -0.1) is 0 Å². The second-order valence-electron chi connectivity index (χ2n) is 3.79. The number of phenolic OH excluding ortho intramolecular Hbond substituents is 1. The Bertz CT molecular complexity index is 372. The van der Waals surface area contributed by atoms with E-state index in [9.17, 15) is 9.90 Å². The second-order valence-corrected chi connectivity index (χ2v) is 3.79. The fraction of sp³-hybridized carbons (Fsp3) is 0.417. The number of aromatic hydroxyl groups is 1. The summed E-state index contributed by atoms with van der Waals surface area (Å²) in [6, 6.07) is 6.42. The zero-order chi connectivity index (χ0) is 12.2. The van der Waals surface area contributed by atoms with Crippen molar-refractivity contribution in [2.45, 2.75) is 25.9 Å². The van der Waals surface area contributed by atoms with Crippen LogP contribution in [0.3, 0.4) is 0 Å². The number of hydrogen-bond acceptors (Lipinski definition) is 3. The molecule has 0 fully saturated rings. The molecule has 1 amide bonds. The molecule has 1 unspecified atom stereocenters. The number of anilines is 1. The SMILES string of the molecule is CCC(C)(OC)C(=O)Nc1cccc(O)c1. The molecule has 0 aliphatic heterocycles. The summed E-state index contributed by atoms with van der Waals surface area (Å²) >= 11 is 0. The Morgan fingerprint density at radius 1 is 1.56 bits per heavy atom. The van der Waals surface area contributed by atoms with Crippen molar-refractivity contribution in [3.63, 3.8) is 0 Å². The molecule has 0 heterocycles. The molecule has 0 aliphatic rings. The summed E-state index contributed by atoms with van der Waals surface area (Å²) in [5, 5.41) is 12.0. The van der Waals surface area contributed by atoms with Crippen molar-refractivity contribution in [1.82, 2.24) is 0 Å². The molecular weight excluding hydrogens is 206 g/mol. The Morgan fingerprint density at radius 2 is 2.25 bits per heavy atom. The van der Waals surface area contributed by atoms with E-state index in [1.54, 1.807) is 25.1 Å². The van der Waals surface area contributed by atoms with Crippen molar-refractivity contribution in [2.75, 3.05) is 12.4 Å². The maximum absolute atomic E-state index is 11.9. The minimum absolute atomic E-state index is 0.119. The average Bonchev–Trinajstić information content (AvgIpc) is 2.28. The van der Waals surface area contributed by atoms with Crippen LogP contribution in [0.4, 0.5) is 5.69 Å². The summed E-state index contributed by atoms with van der Waals surface area (Å²) in [6.45, 7) is 3.61. The predicted molar refractivity (Wildman–Crippen MR) is 62.4 cm³/mol. The first kappa shape index (κ1) is 12.5. The maximum Gasteiger partial charge on any atom is 0.256 e. The van der Waals surface area contributed by atoms with E-state index >= 15 is 0 Å². The molecule has 0 aromatic heterocycles. The molecule has 16 heavy (non-hydrogen) atoms. The quantitative estimate of drug-likeness (QED) is 0.822. The maximum atomic E-state index is 11.9. The Labute approximate surface area is 95.2 Å². The first-order valence-electron chi connectivity index (χ1n) is 5.17. The lowest BCUT2D eigenvalue weighted by Crippen LogP contribution is -2.41. The summed E-state index contributed by atoms with van der Waals surface area (Å²) in [7, 11) is 1.51. The van der Waals surface area contributed by atoms with E-state index in [0.717, 1.165) is 0 Å². The standard InChI is InChI=1S/C12H17NO3/c1-4-12(2,16-3)11(15)13-9-6-5-7-10(14)8-9/h5-8,14H,4H2,1-3H3,(H,13,15). The van der Waals surface area contributed by atoms with Gasteiger partial charge in [0.1, 0.15) is 11.4 Å². The van der Waals surface area contributed by atoms with Crippen molar-refractivity contribution in [3.05, 3.63) is 24.3 Å². The molecule has 1 aromatic carbocycles. The lowest BCUT2D eigenvalue weighted by Gasteiger charge is -2.25. The highest BCUT2D eigenvalue weighted by atomic mass is 16.5. The van der Waals surface area contributed by atoms with E-state index in [4.69, 9.17) is 4.74 Å². The number of ether oxygens (including phenoxy) is 1. The number of carbonyl (C=O) groups is 1. The average molecular weight is 223 g/mol. The lowest BCUT2D eigenvalue weighted by atomic mass is 10.0. The molecule has 1 aromatic rings. The Hall–Kier alpha value is -1.55. The van der Waals surface area contributed by atoms with Gasteiger partial charge in [0.25, 0.3) is 5.91 Å². The fourth-order valence-electron chi connectivity index (χ4n) is 1.24. The molecule has 0 aliphatic carbocycles. The van der Waals surface area contributed by atoms with Gasteiger partial charge in [-0.3, -0.25) is 4.79 Å². The lowest BCUT2D eigenvalue weighted by molar-refractivity contribution is -0.136. The monoisotopic (exact) mass is 223 g/mol. The largest absolute Gasteiger partial charge is 0.508 e. The Kier molecular flexibility index (Phi) is 3.90. The second kappa shape index (κ2) is 4.99. The van der Waals surface area contributed by atoms with E-state index in [0.29, 0.717) is 12.1 Å². The highest BCUT2D eigenvalue weighted by Crippen LogP contribution is 2.20. The zero-order valence-electron chi connectivity index (χ0n) is 9.78. The molecular formula is C12H17NO3. The van der Waals surface area contributed by atoms with E-state index < -0.39 is 5.60 Å². The van der Waals surface area contributed by atoms with E-state index in [2.05, 4.69) is 5.32 Å². The van der Waals surface area contributed by atoms with Gasteiger partial charge in [-0.1, -0.05) is 13.0 Å². The molecule has 1 atom stereocenters. The van der Waals surface area contributed by atoms with E-state index in [1.807, 2.05) is 6.92 Å². The Balaban J connectivity index is 2.78. The van der Waals surface area contributed by atoms with Crippen molar-refractivity contribution < 1.29 is 14.6 Å². The smallest absolute Gasteiger partial charge is 0.256 e. The molecule has 0 radical (unpaired) electrons. The van der Waals surface area contributed by atoms with Gasteiger partial charge in [0, 0.05) is 18.9 Å². The zero-order valence-corrected chi connectivity index (χ0v) is 9.78. The summed E-state index contributed by atoms with van der Waals surface area (Å²) in [6.07, 6.45) is 0.578. The van der Waals surface area contributed by atoms with E-state index in [1.165, 1.54) is 13.2 Å². The van der Waals surface area contributed by atoms with Crippen LogP contribution in [0.15, 0.2) is 24.3 Å². The number of nitrogens with one attached hydrogen (secondary N) is 1. The minimum Gasteiger partial charge on any atom is -0.508 e. The van der Waals surface area contributed by atoms with Crippen LogP contribution < -0.4 is 5.32 Å². The van der Waals surface area contributed by atoms with Crippen molar-refractivity contribution >= 4 is 11.6 Å². The third-order valence-corrected chi connectivity index (χ3v) is 2.71. The number of hydrogen-bond donors (Lipinski definition) is 2. The molecule has 0 saturated carbocycles. The number of phenols is 1. The normalized spacial score (nSPS) is 14.2. The minimum atomic E-state index is -0.842. The molecule has 88 valence electrons. The van der Waals surface area contributed by atoms with Crippen LogP contribution in [-0.2, 0) is 9.53 Å². The number of rotatable bonds is 4. The third kappa shape index (κ3) is 2.73. The highest BCUT2D eigenvalue weighted by Gasteiger charge is 2.30. The van der Waals surface area contributed by atoms with Crippen LogP contribution in [0.5, 0.6) is 5.75 Å². The molecule has 2 N–H and O–H groups in total. The molecule has 0 bridgehead atoms. The van der Waals surface area contributed by atoms with Crippen LogP contribution in [0.25, 0.3) is 0 Å². The first-order chi connectivity index (χ1) is 7.51. The van der Waals surface area contributed by atoms with E-state index in [-0.39, 0.29) is 11.7 Å². The summed E-state index contributed by atoms with van der Waals surface area (Å²) in [5.41, 5.74) is -0.285. The van der Waals surface area contributed by atoms with Crippen molar-refractivity contribution in [1.29, 1.82) is 0 Å². The van der Waals surface area contributed by atoms with Crippen LogP contribution in [0.2, 0.25) is 0 Å². The Morgan fingerprint density at radius 3 is 2.75 bits per heavy atom. The van der Waals surface area contributed by atoms with Gasteiger partial charge in [-0.2, -0.15) is 0 Å². The van der Waals surface area contributed by atoms with Gasteiger partial charge >= 0.3 is 0 Å². The van der Waals surface area contributed by atoms with Crippen LogP contribution in [0, 0.1) is 0 Å². The van der Waals surface area contributed by atoms with Gasteiger partial charge in [0.05, 0.1) is 0 Å². The predicted octanol–water partition coefficient (Wildman–Crippen LogP) is 2.15. The van der Waals surface area contributed by atoms with Gasteiger partial charge in [0.2, 0.25) is 0 Å². The van der Waals surface area contributed by atoms with Crippen LogP contribution >= 0.6 is 0 Å². The number of benzene rings is 1. The molecule has 4 nitrogen and oxygen atoms in total. The van der Waals surface area contributed by atoms with Crippen molar-refractivity contribution in [2.24, 2.45) is 0 Å². The van der Waals surface area contributed by atoms with Gasteiger partial charge < -0.3 is 15.2 Å². The first-order valence-corrected chi connectivity index (χ1v) is 5.17. The van der Waals surface area contributed by atoms with Gasteiger partial charge in [-0.25, -0.2) is 0 Å². The van der Waals surface area contributed by atoms with Gasteiger partial charge in [0.15, 0.2) is 0 Å². The van der Waals surface area contributed by atoms with Crippen molar-refractivity contribution in [3.8, 4) is 5.75 Å². The topological polar surface area (TPSA) is 58.6 Å². The number of methoxy groups -OCH3 is 1. The molecule has 4 heteroatoms. The summed E-state index contributed by atoms with van der Waals surface area (Å²) in [4.78, 5) is 11.9. The summed E-state index contributed by atoms with van der Waals surface area (Å²) in [5.74, 6) is -0.100. The summed E-state index contributed by atoms with van der Waals surface area (Å²) < 4.78 is 5.18. The van der Waals surface area contributed by atoms with Gasteiger partial charge in [-0.05, 0) is 25.5 Å². The van der Waals surface area contributed by atoms with Crippen LogP contribution in [-0.4, -0.2) is 23.7 Å².